The predicted molar refractivity (Wildman–Crippen MR) is 72.6 cm³/mol. The third-order valence-corrected chi connectivity index (χ3v) is 3.39. The number of carbonyl (C=O) groups is 2. The Morgan fingerprint density at radius 1 is 1.21 bits per heavy atom. The maximum Gasteiger partial charge on any atom is 0.309 e. The second-order valence-electron chi connectivity index (χ2n) is 4.92. The third kappa shape index (κ3) is 3.81. The molecule has 1 aliphatic rings. The highest BCUT2D eigenvalue weighted by Gasteiger charge is 2.27. The summed E-state index contributed by atoms with van der Waals surface area (Å²) in [5.74, 6) is -0.558. The van der Waals surface area contributed by atoms with Crippen LogP contribution < -0.4 is 5.32 Å². The number of hydrogen-bond donors (Lipinski definition) is 1. The molecule has 0 saturated heterocycles. The van der Waals surface area contributed by atoms with Crippen LogP contribution in [0.3, 0.4) is 0 Å². The van der Waals surface area contributed by atoms with Crippen LogP contribution in [0.5, 0.6) is 0 Å². The smallest absolute Gasteiger partial charge is 0.309 e. The van der Waals surface area contributed by atoms with E-state index in [4.69, 9.17) is 4.74 Å². The first-order valence-electron chi connectivity index (χ1n) is 6.73. The summed E-state index contributed by atoms with van der Waals surface area (Å²) in [6.07, 6.45) is 3.15. The number of esters is 1. The number of carbonyl (C=O) groups excluding carboxylic acids is 2. The van der Waals surface area contributed by atoms with Gasteiger partial charge in [-0.3, -0.25) is 9.59 Å². The van der Waals surface area contributed by atoms with Gasteiger partial charge in [0.15, 0.2) is 6.10 Å². The van der Waals surface area contributed by atoms with Crippen LogP contribution in [0.25, 0.3) is 0 Å². The number of para-hydroxylation sites is 1. The summed E-state index contributed by atoms with van der Waals surface area (Å²) in [7, 11) is 0. The van der Waals surface area contributed by atoms with Crippen molar-refractivity contribution in [3.8, 4) is 0 Å². The lowest BCUT2D eigenvalue weighted by atomic mass is 10.1. The molecule has 1 aromatic carbocycles. The van der Waals surface area contributed by atoms with Gasteiger partial charge in [-0.05, 0) is 31.9 Å². The summed E-state index contributed by atoms with van der Waals surface area (Å²) in [5.41, 5.74) is 0.705. The Hall–Kier alpha value is -1.84. The van der Waals surface area contributed by atoms with E-state index in [1.165, 1.54) is 0 Å². The van der Waals surface area contributed by atoms with Crippen molar-refractivity contribution in [3.63, 3.8) is 0 Å². The first-order valence-corrected chi connectivity index (χ1v) is 6.73. The quantitative estimate of drug-likeness (QED) is 0.848. The van der Waals surface area contributed by atoms with Crippen LogP contribution >= 0.6 is 0 Å². The van der Waals surface area contributed by atoms with Gasteiger partial charge in [-0.15, -0.1) is 0 Å². The molecule has 4 heteroatoms. The summed E-state index contributed by atoms with van der Waals surface area (Å²) in [6.45, 7) is 1.60. The monoisotopic (exact) mass is 261 g/mol. The van der Waals surface area contributed by atoms with Crippen LogP contribution in [-0.2, 0) is 14.3 Å². The van der Waals surface area contributed by atoms with Gasteiger partial charge in [0.1, 0.15) is 0 Å². The van der Waals surface area contributed by atoms with Crippen LogP contribution in [0.1, 0.15) is 32.6 Å². The molecule has 0 aromatic heterocycles. The van der Waals surface area contributed by atoms with Crippen LogP contribution in [0.15, 0.2) is 30.3 Å². The van der Waals surface area contributed by atoms with Crippen molar-refractivity contribution in [1.82, 2.24) is 0 Å². The number of amides is 1. The van der Waals surface area contributed by atoms with Gasteiger partial charge >= 0.3 is 5.97 Å². The molecular weight excluding hydrogens is 242 g/mol. The van der Waals surface area contributed by atoms with E-state index in [-0.39, 0.29) is 17.8 Å². The molecule has 1 aromatic rings. The minimum absolute atomic E-state index is 0.0213. The molecule has 1 saturated carbocycles. The molecule has 1 atom stereocenters. The van der Waals surface area contributed by atoms with E-state index in [1.54, 1.807) is 19.1 Å². The zero-order valence-corrected chi connectivity index (χ0v) is 11.1. The second kappa shape index (κ2) is 6.36. The fourth-order valence-corrected chi connectivity index (χ4v) is 2.25. The average molecular weight is 261 g/mol. The van der Waals surface area contributed by atoms with Gasteiger partial charge < -0.3 is 10.1 Å². The van der Waals surface area contributed by atoms with E-state index < -0.39 is 6.10 Å². The lowest BCUT2D eigenvalue weighted by molar-refractivity contribution is -0.157. The van der Waals surface area contributed by atoms with Crippen molar-refractivity contribution in [2.24, 2.45) is 5.92 Å². The number of ether oxygens (including phenoxy) is 1. The van der Waals surface area contributed by atoms with Gasteiger partial charge in [-0.2, -0.15) is 0 Å². The van der Waals surface area contributed by atoms with E-state index in [1.807, 2.05) is 18.2 Å². The van der Waals surface area contributed by atoms with Gasteiger partial charge in [0, 0.05) is 5.69 Å². The van der Waals surface area contributed by atoms with Crippen LogP contribution in [-0.4, -0.2) is 18.0 Å². The van der Waals surface area contributed by atoms with Crippen molar-refractivity contribution < 1.29 is 14.3 Å². The molecule has 1 fully saturated rings. The van der Waals surface area contributed by atoms with Gasteiger partial charge in [0.25, 0.3) is 5.91 Å². The number of nitrogens with one attached hydrogen (secondary N) is 1. The van der Waals surface area contributed by atoms with Crippen molar-refractivity contribution in [3.05, 3.63) is 30.3 Å². The number of rotatable bonds is 4. The summed E-state index contributed by atoms with van der Waals surface area (Å²) in [4.78, 5) is 23.7. The molecule has 4 nitrogen and oxygen atoms in total. The molecule has 1 amide bonds. The summed E-state index contributed by atoms with van der Waals surface area (Å²) >= 11 is 0. The van der Waals surface area contributed by atoms with E-state index >= 15 is 0 Å². The Kier molecular flexibility index (Phi) is 4.55. The first kappa shape index (κ1) is 13.6. The van der Waals surface area contributed by atoms with Crippen molar-refractivity contribution >= 4 is 17.6 Å². The van der Waals surface area contributed by atoms with Crippen molar-refractivity contribution in [2.75, 3.05) is 5.32 Å². The molecule has 0 aliphatic heterocycles. The Bertz CT molecular complexity index is 438. The summed E-state index contributed by atoms with van der Waals surface area (Å²) < 4.78 is 5.22. The lowest BCUT2D eigenvalue weighted by Crippen LogP contribution is -2.31. The lowest BCUT2D eigenvalue weighted by Gasteiger charge is -2.16. The van der Waals surface area contributed by atoms with E-state index in [9.17, 15) is 9.59 Å². The standard InChI is InChI=1S/C15H19NO3/c1-11(19-15(18)12-7-5-6-8-12)14(17)16-13-9-3-2-4-10-13/h2-4,9-12H,5-8H2,1H3,(H,16,17). The fourth-order valence-electron chi connectivity index (χ4n) is 2.25. The highest BCUT2D eigenvalue weighted by atomic mass is 16.5. The maximum atomic E-state index is 11.9. The summed E-state index contributed by atoms with van der Waals surface area (Å²) in [6, 6.07) is 9.14. The topological polar surface area (TPSA) is 55.4 Å². The zero-order chi connectivity index (χ0) is 13.7. The van der Waals surface area contributed by atoms with E-state index in [0.29, 0.717) is 5.69 Å². The first-order chi connectivity index (χ1) is 9.16. The minimum Gasteiger partial charge on any atom is -0.452 e. The Labute approximate surface area is 113 Å². The van der Waals surface area contributed by atoms with Gasteiger partial charge in [-0.1, -0.05) is 31.0 Å². The average Bonchev–Trinajstić information content (AvgIpc) is 2.93. The van der Waals surface area contributed by atoms with Crippen molar-refractivity contribution in [1.29, 1.82) is 0 Å². The number of hydrogen-bond acceptors (Lipinski definition) is 3. The van der Waals surface area contributed by atoms with E-state index in [0.717, 1.165) is 25.7 Å². The van der Waals surface area contributed by atoms with Gasteiger partial charge in [-0.25, -0.2) is 0 Å². The SMILES string of the molecule is CC(OC(=O)C1CCCC1)C(=O)Nc1ccccc1. The van der Waals surface area contributed by atoms with Gasteiger partial charge in [0.05, 0.1) is 5.92 Å². The molecular formula is C15H19NO3. The molecule has 102 valence electrons. The molecule has 2 rings (SSSR count). The Morgan fingerprint density at radius 3 is 2.47 bits per heavy atom. The zero-order valence-electron chi connectivity index (χ0n) is 11.1. The molecule has 1 unspecified atom stereocenters. The van der Waals surface area contributed by atoms with E-state index in [2.05, 4.69) is 5.32 Å². The van der Waals surface area contributed by atoms with Crippen LogP contribution in [0, 0.1) is 5.92 Å². The Morgan fingerprint density at radius 2 is 1.84 bits per heavy atom. The second-order valence-corrected chi connectivity index (χ2v) is 4.92. The fraction of sp³-hybridized carbons (Fsp3) is 0.467. The van der Waals surface area contributed by atoms with Gasteiger partial charge in [0.2, 0.25) is 0 Å². The maximum absolute atomic E-state index is 11.9. The highest BCUT2D eigenvalue weighted by molar-refractivity contribution is 5.95. The molecule has 1 N–H and O–H groups in total. The van der Waals surface area contributed by atoms with Crippen LogP contribution in [0.4, 0.5) is 5.69 Å². The molecule has 0 radical (unpaired) electrons. The number of anilines is 1. The molecule has 0 bridgehead atoms. The Balaban J connectivity index is 1.83. The van der Waals surface area contributed by atoms with Crippen LogP contribution in [0.2, 0.25) is 0 Å². The molecule has 19 heavy (non-hydrogen) atoms. The molecule has 0 heterocycles. The normalized spacial score (nSPS) is 16.9. The summed E-state index contributed by atoms with van der Waals surface area (Å²) in [5, 5.41) is 2.72. The molecule has 0 spiro atoms. The largest absolute Gasteiger partial charge is 0.452 e. The predicted octanol–water partition coefficient (Wildman–Crippen LogP) is 2.75. The highest BCUT2D eigenvalue weighted by Crippen LogP contribution is 2.26. The molecule has 1 aliphatic carbocycles. The van der Waals surface area contributed by atoms with Crippen molar-refractivity contribution in [2.45, 2.75) is 38.7 Å². The minimum atomic E-state index is -0.756. The third-order valence-electron chi connectivity index (χ3n) is 3.39. The number of benzene rings is 1.